The zero-order valence-electron chi connectivity index (χ0n) is 15.0. The molecule has 0 aromatic carbocycles. The number of anilines is 1. The van der Waals surface area contributed by atoms with Crippen LogP contribution in [0.5, 0.6) is 0 Å². The fourth-order valence-electron chi connectivity index (χ4n) is 4.30. The third-order valence-electron chi connectivity index (χ3n) is 5.98. The Labute approximate surface area is 152 Å². The smallest absolute Gasteiger partial charge is 0.220 e. The molecule has 3 fully saturated rings. The summed E-state index contributed by atoms with van der Waals surface area (Å²) in [7, 11) is 0. The number of carbonyl (C=O) groups is 1. The van der Waals surface area contributed by atoms with Gasteiger partial charge in [-0.05, 0) is 50.4 Å². The van der Waals surface area contributed by atoms with Crippen LogP contribution in [0.4, 0.5) is 5.82 Å². The molecule has 3 aliphatic heterocycles. The van der Waals surface area contributed by atoms with Crippen LogP contribution in [0.15, 0.2) is 12.1 Å². The van der Waals surface area contributed by atoms with Gasteiger partial charge in [-0.15, -0.1) is 15.3 Å². The van der Waals surface area contributed by atoms with Crippen LogP contribution in [0.2, 0.25) is 0 Å². The van der Waals surface area contributed by atoms with Gasteiger partial charge in [0.05, 0.1) is 0 Å². The molecule has 3 saturated heterocycles. The van der Waals surface area contributed by atoms with Crippen LogP contribution in [0.3, 0.4) is 0 Å². The van der Waals surface area contributed by atoms with Crippen molar-refractivity contribution in [3.8, 4) is 0 Å². The van der Waals surface area contributed by atoms with Gasteiger partial charge >= 0.3 is 0 Å². The predicted molar refractivity (Wildman–Crippen MR) is 97.1 cm³/mol. The number of aromatic nitrogens is 4. The topological polar surface area (TPSA) is 78.7 Å². The first-order valence-corrected chi connectivity index (χ1v) is 9.72. The molecule has 0 radical (unpaired) electrons. The van der Waals surface area contributed by atoms with Crippen molar-refractivity contribution in [2.24, 2.45) is 5.92 Å². The molecule has 138 valence electrons. The molecule has 8 heteroatoms. The average Bonchev–Trinajstić information content (AvgIpc) is 3.20. The highest BCUT2D eigenvalue weighted by Crippen LogP contribution is 2.28. The molecule has 0 saturated carbocycles. The van der Waals surface area contributed by atoms with Crippen LogP contribution in [0.1, 0.15) is 37.4 Å². The summed E-state index contributed by atoms with van der Waals surface area (Å²) < 4.78 is 1.95. The molecule has 0 aliphatic carbocycles. The zero-order chi connectivity index (χ0) is 17.5. The van der Waals surface area contributed by atoms with Gasteiger partial charge in [-0.1, -0.05) is 0 Å². The molecule has 1 N–H and O–H groups in total. The van der Waals surface area contributed by atoms with Gasteiger partial charge < -0.3 is 15.1 Å². The average molecular weight is 355 g/mol. The molecular weight excluding hydrogens is 330 g/mol. The Morgan fingerprint density at radius 2 is 1.96 bits per heavy atom. The second kappa shape index (κ2) is 6.50. The molecule has 26 heavy (non-hydrogen) atoms. The van der Waals surface area contributed by atoms with E-state index in [9.17, 15) is 4.79 Å². The van der Waals surface area contributed by atoms with E-state index in [2.05, 4.69) is 25.3 Å². The van der Waals surface area contributed by atoms with Gasteiger partial charge in [0.1, 0.15) is 5.82 Å². The van der Waals surface area contributed by atoms with Crippen molar-refractivity contribution in [1.82, 2.24) is 30.0 Å². The molecule has 5 rings (SSSR count). The van der Waals surface area contributed by atoms with Crippen LogP contribution < -0.4 is 10.2 Å². The summed E-state index contributed by atoms with van der Waals surface area (Å²) in [4.78, 5) is 16.2. The van der Waals surface area contributed by atoms with Gasteiger partial charge in [0.25, 0.3) is 0 Å². The lowest BCUT2D eigenvalue weighted by Gasteiger charge is -2.33. The highest BCUT2D eigenvalue weighted by atomic mass is 16.1. The highest BCUT2D eigenvalue weighted by Gasteiger charge is 2.29. The Morgan fingerprint density at radius 1 is 1.12 bits per heavy atom. The monoisotopic (exact) mass is 355 g/mol. The van der Waals surface area contributed by atoms with Crippen molar-refractivity contribution in [3.63, 3.8) is 0 Å². The summed E-state index contributed by atoms with van der Waals surface area (Å²) in [6.45, 7) is 6.13. The molecule has 5 heterocycles. The van der Waals surface area contributed by atoms with E-state index < -0.39 is 0 Å². The van der Waals surface area contributed by atoms with E-state index in [0.717, 1.165) is 69.4 Å². The summed E-state index contributed by atoms with van der Waals surface area (Å²) in [6.07, 6.45) is 4.07. The van der Waals surface area contributed by atoms with Crippen molar-refractivity contribution in [2.75, 3.05) is 44.2 Å². The van der Waals surface area contributed by atoms with Crippen molar-refractivity contribution < 1.29 is 4.79 Å². The van der Waals surface area contributed by atoms with Crippen LogP contribution in [-0.4, -0.2) is 69.9 Å². The summed E-state index contributed by atoms with van der Waals surface area (Å²) in [5, 5.41) is 16.5. The number of fused-ring (bicyclic) bond motifs is 1. The lowest BCUT2D eigenvalue weighted by atomic mass is 9.95. The number of rotatable bonds is 4. The van der Waals surface area contributed by atoms with E-state index in [1.165, 1.54) is 6.42 Å². The highest BCUT2D eigenvalue weighted by molar-refractivity contribution is 5.78. The number of carbonyl (C=O) groups excluding carboxylic acids is 1. The first-order chi connectivity index (χ1) is 12.8. The number of hydrogen-bond donors (Lipinski definition) is 1. The maximum absolute atomic E-state index is 11.4. The normalized spacial score (nSPS) is 24.8. The molecule has 1 unspecified atom stereocenters. The number of nitrogens with one attached hydrogen (secondary N) is 1. The Kier molecular flexibility index (Phi) is 4.00. The summed E-state index contributed by atoms with van der Waals surface area (Å²) in [5.41, 5.74) is 0.835. The van der Waals surface area contributed by atoms with Crippen LogP contribution in [0, 0.1) is 5.92 Å². The van der Waals surface area contributed by atoms with Crippen molar-refractivity contribution in [2.45, 2.75) is 31.6 Å². The minimum absolute atomic E-state index is 0.198. The van der Waals surface area contributed by atoms with Gasteiger partial charge in [-0.2, -0.15) is 4.52 Å². The van der Waals surface area contributed by atoms with E-state index in [-0.39, 0.29) is 5.91 Å². The van der Waals surface area contributed by atoms with Crippen molar-refractivity contribution in [1.29, 1.82) is 0 Å². The van der Waals surface area contributed by atoms with Crippen LogP contribution in [-0.2, 0) is 4.79 Å². The molecule has 0 spiro atoms. The van der Waals surface area contributed by atoms with Gasteiger partial charge in [0.2, 0.25) is 5.91 Å². The quantitative estimate of drug-likeness (QED) is 0.868. The Hall–Kier alpha value is -2.22. The number of piperidine rings is 1. The van der Waals surface area contributed by atoms with Gasteiger partial charge in [0.15, 0.2) is 11.5 Å². The number of nitrogens with zero attached hydrogens (tertiary/aromatic N) is 6. The second-order valence-electron chi connectivity index (χ2n) is 7.81. The minimum atomic E-state index is 0.198. The minimum Gasteiger partial charge on any atom is -0.356 e. The molecule has 1 amide bonds. The number of amides is 1. The predicted octanol–water partition coefficient (Wildman–Crippen LogP) is 0.650. The van der Waals surface area contributed by atoms with Crippen molar-refractivity contribution in [3.05, 3.63) is 18.0 Å². The molecule has 2 aromatic rings. The number of hydrogen-bond acceptors (Lipinski definition) is 6. The summed E-state index contributed by atoms with van der Waals surface area (Å²) in [5.74, 6) is 3.10. The van der Waals surface area contributed by atoms with E-state index in [4.69, 9.17) is 5.10 Å². The molecule has 3 aliphatic rings. The summed E-state index contributed by atoms with van der Waals surface area (Å²) in [6, 6.07) is 4.07. The fraction of sp³-hybridized carbons (Fsp3) is 0.667. The molecular formula is C18H25N7O. The van der Waals surface area contributed by atoms with Gasteiger partial charge in [-0.3, -0.25) is 4.79 Å². The third kappa shape index (κ3) is 2.92. The SMILES string of the molecule is O=C1CC(CN2CCC(c3nnc4ccc(N5CCC5)nn34)CC2)CN1. The van der Waals surface area contributed by atoms with E-state index >= 15 is 0 Å². The fourth-order valence-corrected chi connectivity index (χ4v) is 4.30. The van der Waals surface area contributed by atoms with E-state index in [1.807, 2.05) is 16.6 Å². The lowest BCUT2D eigenvalue weighted by molar-refractivity contribution is -0.119. The summed E-state index contributed by atoms with van der Waals surface area (Å²) >= 11 is 0. The number of likely N-dealkylation sites (tertiary alicyclic amines) is 1. The first-order valence-electron chi connectivity index (χ1n) is 9.72. The van der Waals surface area contributed by atoms with Gasteiger partial charge in [-0.25, -0.2) is 0 Å². The Bertz CT molecular complexity index is 807. The van der Waals surface area contributed by atoms with E-state index in [1.54, 1.807) is 0 Å². The maximum atomic E-state index is 11.4. The van der Waals surface area contributed by atoms with E-state index in [0.29, 0.717) is 18.3 Å². The molecule has 2 aromatic heterocycles. The van der Waals surface area contributed by atoms with Crippen LogP contribution >= 0.6 is 0 Å². The lowest BCUT2D eigenvalue weighted by Crippen LogP contribution is -2.38. The van der Waals surface area contributed by atoms with Crippen LogP contribution in [0.25, 0.3) is 5.65 Å². The largest absolute Gasteiger partial charge is 0.356 e. The Balaban J connectivity index is 1.26. The Morgan fingerprint density at radius 3 is 2.65 bits per heavy atom. The molecule has 1 atom stereocenters. The third-order valence-corrected chi connectivity index (χ3v) is 5.98. The van der Waals surface area contributed by atoms with Crippen molar-refractivity contribution >= 4 is 17.4 Å². The first kappa shape index (κ1) is 16.0. The zero-order valence-corrected chi connectivity index (χ0v) is 15.0. The second-order valence-corrected chi connectivity index (χ2v) is 7.81. The molecule has 8 nitrogen and oxygen atoms in total. The standard InChI is InChI=1S/C18H25N7O/c26-17-10-13(11-19-17)12-23-8-4-14(5-9-23)18-21-20-15-2-3-16(22-25(15)18)24-6-1-7-24/h2-3,13-14H,1,4-12H2,(H,19,26). The maximum Gasteiger partial charge on any atom is 0.220 e. The van der Waals surface area contributed by atoms with Gasteiger partial charge in [0, 0.05) is 38.5 Å². The molecule has 0 bridgehead atoms.